The zero-order valence-electron chi connectivity index (χ0n) is 11.9. The minimum atomic E-state index is -0.0737. The average molecular weight is 262 g/mol. The van der Waals surface area contributed by atoms with Gasteiger partial charge in [-0.1, -0.05) is 19.9 Å². The number of nitrogens with zero attached hydrogens (tertiary/aromatic N) is 1. The number of anilines is 1. The van der Waals surface area contributed by atoms with Gasteiger partial charge in [0.15, 0.2) is 0 Å². The van der Waals surface area contributed by atoms with Crippen LogP contribution in [-0.4, -0.2) is 19.1 Å². The molecule has 1 aromatic rings. The monoisotopic (exact) mass is 262 g/mol. The van der Waals surface area contributed by atoms with Crippen molar-refractivity contribution in [3.8, 4) is 0 Å². The van der Waals surface area contributed by atoms with Gasteiger partial charge in [0.25, 0.3) is 0 Å². The molecule has 1 aliphatic heterocycles. The lowest BCUT2D eigenvalue weighted by molar-refractivity contribution is 0.418. The predicted octanol–water partition coefficient (Wildman–Crippen LogP) is 3.31. The van der Waals surface area contributed by atoms with Crippen molar-refractivity contribution in [3.63, 3.8) is 0 Å². The summed E-state index contributed by atoms with van der Waals surface area (Å²) in [5.41, 5.74) is 2.26. The number of benzene rings is 1. The molecule has 0 aromatic heterocycles. The SMILES string of the molecule is CC1(C)CCN(c2cccc(F)c2CNC2CC2)C1. The van der Waals surface area contributed by atoms with Crippen LogP contribution in [0.2, 0.25) is 0 Å². The molecule has 3 heteroatoms. The zero-order chi connectivity index (χ0) is 13.5. The molecule has 19 heavy (non-hydrogen) atoms. The van der Waals surface area contributed by atoms with Crippen molar-refractivity contribution in [3.05, 3.63) is 29.6 Å². The van der Waals surface area contributed by atoms with Crippen molar-refractivity contribution in [2.24, 2.45) is 5.41 Å². The van der Waals surface area contributed by atoms with Crippen molar-refractivity contribution in [1.29, 1.82) is 0 Å². The van der Waals surface area contributed by atoms with Gasteiger partial charge in [-0.2, -0.15) is 0 Å². The van der Waals surface area contributed by atoms with Crippen LogP contribution in [0, 0.1) is 11.2 Å². The van der Waals surface area contributed by atoms with Gasteiger partial charge in [-0.15, -0.1) is 0 Å². The Bertz CT molecular complexity index is 466. The molecule has 104 valence electrons. The standard InChI is InChI=1S/C16H23FN2/c1-16(2)8-9-19(11-16)15-5-3-4-14(17)13(15)10-18-12-6-7-12/h3-5,12,18H,6-11H2,1-2H3. The molecule has 0 bridgehead atoms. The zero-order valence-corrected chi connectivity index (χ0v) is 11.9. The first-order chi connectivity index (χ1) is 9.05. The minimum Gasteiger partial charge on any atom is -0.371 e. The molecule has 1 N–H and O–H groups in total. The molecule has 2 nitrogen and oxygen atoms in total. The summed E-state index contributed by atoms with van der Waals surface area (Å²) in [7, 11) is 0. The van der Waals surface area contributed by atoms with Crippen LogP contribution in [-0.2, 0) is 6.54 Å². The van der Waals surface area contributed by atoms with Crippen LogP contribution in [0.3, 0.4) is 0 Å². The van der Waals surface area contributed by atoms with E-state index in [2.05, 4.69) is 30.1 Å². The highest BCUT2D eigenvalue weighted by atomic mass is 19.1. The Labute approximate surface area is 115 Å². The summed E-state index contributed by atoms with van der Waals surface area (Å²) in [6.45, 7) is 7.28. The summed E-state index contributed by atoms with van der Waals surface area (Å²) in [4.78, 5) is 2.34. The number of nitrogens with one attached hydrogen (secondary N) is 1. The van der Waals surface area contributed by atoms with Gasteiger partial charge in [-0.25, -0.2) is 4.39 Å². The summed E-state index contributed by atoms with van der Waals surface area (Å²) in [5, 5.41) is 3.43. The predicted molar refractivity (Wildman–Crippen MR) is 76.9 cm³/mol. The van der Waals surface area contributed by atoms with E-state index < -0.39 is 0 Å². The molecule has 1 heterocycles. The quantitative estimate of drug-likeness (QED) is 0.895. The van der Waals surface area contributed by atoms with Crippen LogP contribution in [0.1, 0.15) is 38.7 Å². The van der Waals surface area contributed by atoms with E-state index >= 15 is 0 Å². The second-order valence-corrected chi connectivity index (χ2v) is 6.73. The third kappa shape index (κ3) is 2.92. The van der Waals surface area contributed by atoms with E-state index in [4.69, 9.17) is 0 Å². The molecule has 2 fully saturated rings. The lowest BCUT2D eigenvalue weighted by Gasteiger charge is -2.24. The topological polar surface area (TPSA) is 15.3 Å². The molecule has 0 unspecified atom stereocenters. The smallest absolute Gasteiger partial charge is 0.129 e. The van der Waals surface area contributed by atoms with Crippen LogP contribution >= 0.6 is 0 Å². The Morgan fingerprint density at radius 2 is 2.16 bits per heavy atom. The van der Waals surface area contributed by atoms with Gasteiger partial charge in [-0.3, -0.25) is 0 Å². The molecule has 2 aliphatic rings. The number of halogens is 1. The normalized spacial score (nSPS) is 21.9. The fourth-order valence-electron chi connectivity index (χ4n) is 2.87. The first kappa shape index (κ1) is 12.9. The Hall–Kier alpha value is -1.09. The molecule has 0 amide bonds. The highest BCUT2D eigenvalue weighted by Gasteiger charge is 2.31. The molecule has 1 aromatic carbocycles. The van der Waals surface area contributed by atoms with Crippen LogP contribution in [0.5, 0.6) is 0 Å². The summed E-state index contributed by atoms with van der Waals surface area (Å²) >= 11 is 0. The van der Waals surface area contributed by atoms with E-state index in [0.717, 1.165) is 24.3 Å². The van der Waals surface area contributed by atoms with E-state index in [1.54, 1.807) is 6.07 Å². The molecule has 0 spiro atoms. The summed E-state index contributed by atoms with van der Waals surface area (Å²) in [6, 6.07) is 6.09. The van der Waals surface area contributed by atoms with Gasteiger partial charge in [0.1, 0.15) is 5.82 Å². The number of hydrogen-bond donors (Lipinski definition) is 1. The van der Waals surface area contributed by atoms with Crippen LogP contribution in [0.4, 0.5) is 10.1 Å². The van der Waals surface area contributed by atoms with E-state index in [9.17, 15) is 4.39 Å². The summed E-state index contributed by atoms with van der Waals surface area (Å²) in [5.74, 6) is -0.0737. The Balaban J connectivity index is 1.81. The second-order valence-electron chi connectivity index (χ2n) is 6.73. The Morgan fingerprint density at radius 1 is 1.37 bits per heavy atom. The van der Waals surface area contributed by atoms with Crippen molar-refractivity contribution < 1.29 is 4.39 Å². The molecule has 0 radical (unpaired) electrons. The third-order valence-corrected chi connectivity index (χ3v) is 4.26. The third-order valence-electron chi connectivity index (χ3n) is 4.26. The van der Waals surface area contributed by atoms with Gasteiger partial charge in [0.05, 0.1) is 0 Å². The minimum absolute atomic E-state index is 0.0737. The Kier molecular flexibility index (Phi) is 3.25. The maximum absolute atomic E-state index is 14.1. The highest BCUT2D eigenvalue weighted by Crippen LogP contribution is 2.35. The fraction of sp³-hybridized carbons (Fsp3) is 0.625. The summed E-state index contributed by atoms with van der Waals surface area (Å²) in [6.07, 6.45) is 3.65. The van der Waals surface area contributed by atoms with E-state index in [1.165, 1.54) is 19.3 Å². The average Bonchev–Trinajstić information content (AvgIpc) is 3.11. The van der Waals surface area contributed by atoms with Gasteiger partial charge in [0, 0.05) is 36.9 Å². The largest absolute Gasteiger partial charge is 0.371 e. The van der Waals surface area contributed by atoms with E-state index in [0.29, 0.717) is 18.0 Å². The lowest BCUT2D eigenvalue weighted by Crippen LogP contribution is -2.26. The molecule has 1 saturated heterocycles. The van der Waals surface area contributed by atoms with Crippen molar-refractivity contribution >= 4 is 5.69 Å². The number of hydrogen-bond acceptors (Lipinski definition) is 2. The van der Waals surface area contributed by atoms with Crippen LogP contribution < -0.4 is 10.2 Å². The molecule has 3 rings (SSSR count). The van der Waals surface area contributed by atoms with Crippen LogP contribution in [0.25, 0.3) is 0 Å². The van der Waals surface area contributed by atoms with E-state index in [1.807, 2.05) is 6.07 Å². The van der Waals surface area contributed by atoms with E-state index in [-0.39, 0.29) is 5.82 Å². The van der Waals surface area contributed by atoms with Gasteiger partial charge >= 0.3 is 0 Å². The van der Waals surface area contributed by atoms with Gasteiger partial charge < -0.3 is 10.2 Å². The van der Waals surface area contributed by atoms with Gasteiger partial charge in [-0.05, 0) is 36.8 Å². The fourth-order valence-corrected chi connectivity index (χ4v) is 2.87. The maximum atomic E-state index is 14.1. The van der Waals surface area contributed by atoms with Crippen molar-refractivity contribution in [2.45, 2.75) is 45.7 Å². The van der Waals surface area contributed by atoms with Crippen molar-refractivity contribution in [1.82, 2.24) is 5.32 Å². The lowest BCUT2D eigenvalue weighted by atomic mass is 9.93. The van der Waals surface area contributed by atoms with Crippen LogP contribution in [0.15, 0.2) is 18.2 Å². The van der Waals surface area contributed by atoms with Crippen molar-refractivity contribution in [2.75, 3.05) is 18.0 Å². The van der Waals surface area contributed by atoms with Gasteiger partial charge in [0.2, 0.25) is 0 Å². The molecular weight excluding hydrogens is 239 g/mol. The molecule has 1 saturated carbocycles. The molecule has 1 aliphatic carbocycles. The maximum Gasteiger partial charge on any atom is 0.129 e. The first-order valence-electron chi connectivity index (χ1n) is 7.31. The highest BCUT2D eigenvalue weighted by molar-refractivity contribution is 5.55. The molecule has 0 atom stereocenters. The first-order valence-corrected chi connectivity index (χ1v) is 7.31. The summed E-state index contributed by atoms with van der Waals surface area (Å²) < 4.78 is 14.1. The number of rotatable bonds is 4. The Morgan fingerprint density at radius 3 is 2.79 bits per heavy atom. The second kappa shape index (κ2) is 4.78. The molecular formula is C16H23FN2.